The average molecular weight is 297 g/mol. The predicted molar refractivity (Wildman–Crippen MR) is 82.3 cm³/mol. The van der Waals surface area contributed by atoms with E-state index in [4.69, 9.17) is 14.2 Å². The van der Waals surface area contributed by atoms with Gasteiger partial charge in [0.05, 0.1) is 19.3 Å². The summed E-state index contributed by atoms with van der Waals surface area (Å²) in [6.45, 7) is 3.54. The molecule has 1 saturated heterocycles. The smallest absolute Gasteiger partial charge is 0.168 e. The molecule has 1 aliphatic heterocycles. The van der Waals surface area contributed by atoms with Crippen molar-refractivity contribution in [1.29, 1.82) is 0 Å². The van der Waals surface area contributed by atoms with E-state index in [0.717, 1.165) is 45.6 Å². The second-order valence-corrected chi connectivity index (χ2v) is 6.82. The van der Waals surface area contributed by atoms with Gasteiger partial charge in [-0.2, -0.15) is 0 Å². The number of nitrogens with one attached hydrogen (secondary N) is 1. The molecule has 0 aromatic heterocycles. The second kappa shape index (κ2) is 7.91. The van der Waals surface area contributed by atoms with Crippen LogP contribution in [0.15, 0.2) is 0 Å². The number of rotatable bonds is 6. The average Bonchev–Trinajstić information content (AvgIpc) is 2.98. The van der Waals surface area contributed by atoms with Gasteiger partial charge in [0.2, 0.25) is 0 Å². The predicted octanol–water partition coefficient (Wildman–Crippen LogP) is 3.00. The molecule has 21 heavy (non-hydrogen) atoms. The summed E-state index contributed by atoms with van der Waals surface area (Å²) < 4.78 is 17.5. The normalized spacial score (nSPS) is 27.4. The maximum atomic E-state index is 5.97. The fourth-order valence-corrected chi connectivity index (χ4v) is 3.91. The molecule has 0 unspecified atom stereocenters. The summed E-state index contributed by atoms with van der Waals surface area (Å²) >= 11 is 0. The first-order chi connectivity index (χ1) is 10.4. The van der Waals surface area contributed by atoms with Gasteiger partial charge in [-0.15, -0.1) is 0 Å². The van der Waals surface area contributed by atoms with E-state index in [1.54, 1.807) is 0 Å². The van der Waals surface area contributed by atoms with Gasteiger partial charge in [0.15, 0.2) is 5.79 Å². The van der Waals surface area contributed by atoms with E-state index < -0.39 is 0 Å². The monoisotopic (exact) mass is 297 g/mol. The molecule has 3 aliphatic rings. The first-order valence-corrected chi connectivity index (χ1v) is 8.99. The van der Waals surface area contributed by atoms with E-state index in [1.165, 1.54) is 44.9 Å². The van der Waals surface area contributed by atoms with E-state index in [2.05, 4.69) is 5.32 Å². The Balaban J connectivity index is 1.22. The Hall–Kier alpha value is -0.160. The van der Waals surface area contributed by atoms with Gasteiger partial charge in [0.1, 0.15) is 0 Å². The summed E-state index contributed by atoms with van der Waals surface area (Å²) in [5, 5.41) is 3.67. The first kappa shape index (κ1) is 15.7. The van der Waals surface area contributed by atoms with Gasteiger partial charge in [0.25, 0.3) is 0 Å². The molecule has 0 radical (unpaired) electrons. The summed E-state index contributed by atoms with van der Waals surface area (Å²) in [4.78, 5) is 0. The van der Waals surface area contributed by atoms with Gasteiger partial charge < -0.3 is 19.5 Å². The molecule has 0 aromatic rings. The van der Waals surface area contributed by atoms with Crippen molar-refractivity contribution in [1.82, 2.24) is 5.32 Å². The van der Waals surface area contributed by atoms with Crippen molar-refractivity contribution in [3.05, 3.63) is 0 Å². The maximum absolute atomic E-state index is 5.97. The van der Waals surface area contributed by atoms with Crippen LogP contribution in [0.4, 0.5) is 0 Å². The molecular weight excluding hydrogens is 266 g/mol. The van der Waals surface area contributed by atoms with Crippen LogP contribution in [0.3, 0.4) is 0 Å². The third-order valence-electron chi connectivity index (χ3n) is 5.22. The Morgan fingerprint density at radius 2 is 1.67 bits per heavy atom. The summed E-state index contributed by atoms with van der Waals surface area (Å²) in [5.41, 5.74) is 0. The molecular formula is C17H31NO3. The summed E-state index contributed by atoms with van der Waals surface area (Å²) in [6, 6.07) is 0.637. The Labute approximate surface area is 128 Å². The van der Waals surface area contributed by atoms with Crippen LogP contribution in [0.25, 0.3) is 0 Å². The van der Waals surface area contributed by atoms with Gasteiger partial charge in [-0.25, -0.2) is 0 Å². The molecule has 4 nitrogen and oxygen atoms in total. The van der Waals surface area contributed by atoms with E-state index >= 15 is 0 Å². The lowest BCUT2D eigenvalue weighted by Crippen LogP contribution is -2.42. The Kier molecular flexibility index (Phi) is 5.92. The van der Waals surface area contributed by atoms with Crippen LogP contribution in [0.5, 0.6) is 0 Å². The van der Waals surface area contributed by atoms with Crippen molar-refractivity contribution in [3.63, 3.8) is 0 Å². The molecule has 0 atom stereocenters. The zero-order chi connectivity index (χ0) is 14.4. The largest absolute Gasteiger partial charge is 0.378 e. The molecule has 3 fully saturated rings. The van der Waals surface area contributed by atoms with E-state index in [0.29, 0.717) is 12.1 Å². The molecule has 0 bridgehead atoms. The molecule has 0 amide bonds. The minimum Gasteiger partial charge on any atom is -0.378 e. The molecule has 2 saturated carbocycles. The summed E-state index contributed by atoms with van der Waals surface area (Å²) in [6.07, 6.45) is 12.8. The van der Waals surface area contributed by atoms with Gasteiger partial charge in [0, 0.05) is 25.5 Å². The fraction of sp³-hybridized carbons (Fsp3) is 1.00. The topological polar surface area (TPSA) is 39.7 Å². The SMILES string of the molecule is C1CCC(OCCCNC2CCC3(CC2)OCCO3)CC1. The number of hydrogen-bond donors (Lipinski definition) is 1. The lowest BCUT2D eigenvalue weighted by molar-refractivity contribution is -0.179. The van der Waals surface area contributed by atoms with Crippen molar-refractivity contribution >= 4 is 0 Å². The van der Waals surface area contributed by atoms with Crippen LogP contribution < -0.4 is 5.32 Å². The van der Waals surface area contributed by atoms with Crippen molar-refractivity contribution in [2.75, 3.05) is 26.4 Å². The van der Waals surface area contributed by atoms with Gasteiger partial charge in [-0.1, -0.05) is 19.3 Å². The van der Waals surface area contributed by atoms with Crippen LogP contribution in [-0.2, 0) is 14.2 Å². The van der Waals surface area contributed by atoms with Crippen LogP contribution in [0, 0.1) is 0 Å². The molecule has 4 heteroatoms. The number of ether oxygens (including phenoxy) is 3. The summed E-state index contributed by atoms with van der Waals surface area (Å²) in [7, 11) is 0. The van der Waals surface area contributed by atoms with E-state index in [1.807, 2.05) is 0 Å². The molecule has 1 spiro atoms. The van der Waals surface area contributed by atoms with E-state index in [9.17, 15) is 0 Å². The lowest BCUT2D eigenvalue weighted by Gasteiger charge is -2.35. The highest BCUT2D eigenvalue weighted by Crippen LogP contribution is 2.35. The first-order valence-electron chi connectivity index (χ1n) is 8.99. The van der Waals surface area contributed by atoms with E-state index in [-0.39, 0.29) is 5.79 Å². The van der Waals surface area contributed by atoms with Gasteiger partial charge in [-0.05, 0) is 38.6 Å². The zero-order valence-electron chi connectivity index (χ0n) is 13.3. The van der Waals surface area contributed by atoms with Crippen LogP contribution in [0.1, 0.15) is 64.2 Å². The standard InChI is InChI=1S/C17H31NO3/c1-2-5-16(6-3-1)19-12-4-11-18-15-7-9-17(10-8-15)20-13-14-21-17/h15-16,18H,1-14H2. The third kappa shape index (κ3) is 4.65. The van der Waals surface area contributed by atoms with Crippen molar-refractivity contribution in [2.45, 2.75) is 82.1 Å². The van der Waals surface area contributed by atoms with Crippen LogP contribution in [-0.4, -0.2) is 44.3 Å². The Morgan fingerprint density at radius 1 is 0.952 bits per heavy atom. The quantitative estimate of drug-likeness (QED) is 0.765. The highest BCUT2D eigenvalue weighted by Gasteiger charge is 2.39. The molecule has 1 heterocycles. The fourth-order valence-electron chi connectivity index (χ4n) is 3.91. The molecule has 0 aromatic carbocycles. The maximum Gasteiger partial charge on any atom is 0.168 e. The van der Waals surface area contributed by atoms with Crippen molar-refractivity contribution < 1.29 is 14.2 Å². The number of hydrogen-bond acceptors (Lipinski definition) is 4. The van der Waals surface area contributed by atoms with Gasteiger partial charge in [-0.3, -0.25) is 0 Å². The third-order valence-corrected chi connectivity index (χ3v) is 5.22. The zero-order valence-corrected chi connectivity index (χ0v) is 13.3. The highest BCUT2D eigenvalue weighted by molar-refractivity contribution is 4.85. The Bertz CT molecular complexity index is 288. The summed E-state index contributed by atoms with van der Waals surface area (Å²) in [5.74, 6) is -0.220. The molecule has 122 valence electrons. The minimum atomic E-state index is -0.220. The Morgan fingerprint density at radius 3 is 2.38 bits per heavy atom. The van der Waals surface area contributed by atoms with Crippen LogP contribution in [0.2, 0.25) is 0 Å². The van der Waals surface area contributed by atoms with Crippen molar-refractivity contribution in [2.24, 2.45) is 0 Å². The second-order valence-electron chi connectivity index (χ2n) is 6.82. The van der Waals surface area contributed by atoms with Gasteiger partial charge >= 0.3 is 0 Å². The molecule has 3 rings (SSSR count). The lowest BCUT2D eigenvalue weighted by atomic mass is 9.90. The highest BCUT2D eigenvalue weighted by atomic mass is 16.7. The molecule has 2 aliphatic carbocycles. The molecule has 1 N–H and O–H groups in total. The minimum absolute atomic E-state index is 0.220. The van der Waals surface area contributed by atoms with Crippen molar-refractivity contribution in [3.8, 4) is 0 Å². The van der Waals surface area contributed by atoms with Crippen LogP contribution >= 0.6 is 0 Å².